The molecule has 1 aliphatic heterocycles. The SMILES string of the molecule is CC1CN(C(=O)c2ccc(N)cc2F)CC(C)(C)O1. The van der Waals surface area contributed by atoms with Crippen LogP contribution in [-0.4, -0.2) is 35.6 Å². The normalized spacial score (nSPS) is 22.3. The summed E-state index contributed by atoms with van der Waals surface area (Å²) in [5.74, 6) is -0.900. The van der Waals surface area contributed by atoms with Crippen molar-refractivity contribution in [3.05, 3.63) is 29.6 Å². The summed E-state index contributed by atoms with van der Waals surface area (Å²) in [5.41, 5.74) is 5.43. The first-order valence-electron chi connectivity index (χ1n) is 6.30. The Labute approximate surface area is 112 Å². The molecule has 0 saturated carbocycles. The van der Waals surface area contributed by atoms with Crippen LogP contribution in [0.25, 0.3) is 0 Å². The highest BCUT2D eigenvalue weighted by Crippen LogP contribution is 2.23. The van der Waals surface area contributed by atoms with E-state index in [-0.39, 0.29) is 17.6 Å². The number of amides is 1. The van der Waals surface area contributed by atoms with E-state index in [0.29, 0.717) is 18.8 Å². The molecule has 0 aliphatic carbocycles. The van der Waals surface area contributed by atoms with Gasteiger partial charge in [0, 0.05) is 18.8 Å². The van der Waals surface area contributed by atoms with E-state index in [2.05, 4.69) is 0 Å². The van der Waals surface area contributed by atoms with Crippen molar-refractivity contribution in [2.24, 2.45) is 0 Å². The molecule has 1 aliphatic rings. The Morgan fingerprint density at radius 2 is 2.21 bits per heavy atom. The van der Waals surface area contributed by atoms with Crippen molar-refractivity contribution in [1.82, 2.24) is 4.90 Å². The van der Waals surface area contributed by atoms with Crippen molar-refractivity contribution in [2.75, 3.05) is 18.8 Å². The van der Waals surface area contributed by atoms with Gasteiger partial charge in [0.15, 0.2) is 0 Å². The molecule has 1 aromatic carbocycles. The van der Waals surface area contributed by atoms with Crippen LogP contribution < -0.4 is 5.73 Å². The maximum atomic E-state index is 13.8. The molecule has 19 heavy (non-hydrogen) atoms. The second-order valence-corrected chi connectivity index (χ2v) is 5.61. The molecule has 2 N–H and O–H groups in total. The molecule has 1 amide bonds. The largest absolute Gasteiger partial charge is 0.399 e. The number of nitrogen functional groups attached to an aromatic ring is 1. The molecule has 2 rings (SSSR count). The van der Waals surface area contributed by atoms with Crippen molar-refractivity contribution < 1.29 is 13.9 Å². The lowest BCUT2D eigenvalue weighted by atomic mass is 10.0. The molecule has 4 nitrogen and oxygen atoms in total. The van der Waals surface area contributed by atoms with Gasteiger partial charge < -0.3 is 15.4 Å². The van der Waals surface area contributed by atoms with Gasteiger partial charge in [0.05, 0.1) is 17.3 Å². The number of anilines is 1. The highest BCUT2D eigenvalue weighted by molar-refractivity contribution is 5.95. The first-order chi connectivity index (χ1) is 8.78. The standard InChI is InChI=1S/C14H19FN2O2/c1-9-7-17(8-14(2,3)19-9)13(18)11-5-4-10(16)6-12(11)15/h4-6,9H,7-8,16H2,1-3H3. The molecule has 1 aromatic rings. The van der Waals surface area contributed by atoms with Gasteiger partial charge in [-0.15, -0.1) is 0 Å². The number of carbonyl (C=O) groups is 1. The van der Waals surface area contributed by atoms with E-state index >= 15 is 0 Å². The van der Waals surface area contributed by atoms with E-state index in [1.165, 1.54) is 18.2 Å². The van der Waals surface area contributed by atoms with Crippen LogP contribution in [0.5, 0.6) is 0 Å². The number of halogens is 1. The van der Waals surface area contributed by atoms with E-state index in [1.54, 1.807) is 4.90 Å². The van der Waals surface area contributed by atoms with Crippen LogP contribution in [0.4, 0.5) is 10.1 Å². The number of hydrogen-bond donors (Lipinski definition) is 1. The van der Waals surface area contributed by atoms with Gasteiger partial charge in [0.25, 0.3) is 5.91 Å². The van der Waals surface area contributed by atoms with Crippen LogP contribution in [0, 0.1) is 5.82 Å². The van der Waals surface area contributed by atoms with Gasteiger partial charge in [-0.05, 0) is 39.0 Å². The lowest BCUT2D eigenvalue weighted by Gasteiger charge is -2.41. The number of hydrogen-bond acceptors (Lipinski definition) is 3. The first-order valence-corrected chi connectivity index (χ1v) is 6.30. The molecule has 0 spiro atoms. The van der Waals surface area contributed by atoms with Crippen molar-refractivity contribution in [3.8, 4) is 0 Å². The Morgan fingerprint density at radius 3 is 2.79 bits per heavy atom. The number of rotatable bonds is 1. The van der Waals surface area contributed by atoms with E-state index in [4.69, 9.17) is 10.5 Å². The van der Waals surface area contributed by atoms with Crippen molar-refractivity contribution in [3.63, 3.8) is 0 Å². The van der Waals surface area contributed by atoms with Gasteiger partial charge in [-0.1, -0.05) is 0 Å². The topological polar surface area (TPSA) is 55.6 Å². The van der Waals surface area contributed by atoms with Gasteiger partial charge in [-0.2, -0.15) is 0 Å². The van der Waals surface area contributed by atoms with Crippen LogP contribution >= 0.6 is 0 Å². The summed E-state index contributed by atoms with van der Waals surface area (Å²) < 4.78 is 19.5. The number of nitrogens with zero attached hydrogens (tertiary/aromatic N) is 1. The third-order valence-corrected chi connectivity index (χ3v) is 3.08. The van der Waals surface area contributed by atoms with E-state index < -0.39 is 11.4 Å². The lowest BCUT2D eigenvalue weighted by molar-refractivity contribution is -0.118. The molecule has 1 saturated heterocycles. The summed E-state index contributed by atoms with van der Waals surface area (Å²) in [6, 6.07) is 4.13. The third-order valence-electron chi connectivity index (χ3n) is 3.08. The number of nitrogens with two attached hydrogens (primary N) is 1. The molecule has 0 bridgehead atoms. The van der Waals surface area contributed by atoms with Gasteiger partial charge in [-0.3, -0.25) is 4.79 Å². The number of benzene rings is 1. The van der Waals surface area contributed by atoms with Gasteiger partial charge >= 0.3 is 0 Å². The quantitative estimate of drug-likeness (QED) is 0.791. The molecule has 104 valence electrons. The molecule has 1 fully saturated rings. The van der Waals surface area contributed by atoms with Crippen molar-refractivity contribution >= 4 is 11.6 Å². The van der Waals surface area contributed by atoms with Gasteiger partial charge in [0.2, 0.25) is 0 Å². The third kappa shape index (κ3) is 3.04. The Morgan fingerprint density at radius 1 is 1.53 bits per heavy atom. The van der Waals surface area contributed by atoms with Crippen molar-refractivity contribution in [2.45, 2.75) is 32.5 Å². The zero-order chi connectivity index (χ0) is 14.2. The van der Waals surface area contributed by atoms with Gasteiger partial charge in [0.1, 0.15) is 5.82 Å². The predicted molar refractivity (Wildman–Crippen MR) is 71.3 cm³/mol. The molecule has 1 unspecified atom stereocenters. The lowest BCUT2D eigenvalue weighted by Crippen LogP contribution is -2.53. The fourth-order valence-corrected chi connectivity index (χ4v) is 2.48. The summed E-state index contributed by atoms with van der Waals surface area (Å²) in [6.07, 6.45) is -0.0652. The minimum atomic E-state index is -0.582. The molecule has 0 radical (unpaired) electrons. The molecule has 1 heterocycles. The second kappa shape index (κ2) is 4.81. The second-order valence-electron chi connectivity index (χ2n) is 5.61. The number of carbonyl (C=O) groups excluding carboxylic acids is 1. The Hall–Kier alpha value is -1.62. The van der Waals surface area contributed by atoms with E-state index in [1.807, 2.05) is 20.8 Å². The molecule has 5 heteroatoms. The maximum absolute atomic E-state index is 13.8. The maximum Gasteiger partial charge on any atom is 0.257 e. The summed E-state index contributed by atoms with van der Waals surface area (Å²) in [7, 11) is 0. The zero-order valence-electron chi connectivity index (χ0n) is 11.4. The first kappa shape index (κ1) is 13.8. The summed E-state index contributed by atoms with van der Waals surface area (Å²) in [5, 5.41) is 0. The average molecular weight is 266 g/mol. The fraction of sp³-hybridized carbons (Fsp3) is 0.500. The zero-order valence-corrected chi connectivity index (χ0v) is 11.4. The minimum Gasteiger partial charge on any atom is -0.399 e. The molecule has 0 aromatic heterocycles. The summed E-state index contributed by atoms with van der Waals surface area (Å²) in [4.78, 5) is 14.0. The predicted octanol–water partition coefficient (Wildman–Crippen LogP) is 2.05. The highest BCUT2D eigenvalue weighted by Gasteiger charge is 2.34. The fourth-order valence-electron chi connectivity index (χ4n) is 2.48. The monoisotopic (exact) mass is 266 g/mol. The highest BCUT2D eigenvalue weighted by atomic mass is 19.1. The number of ether oxygens (including phenoxy) is 1. The van der Waals surface area contributed by atoms with Crippen LogP contribution in [-0.2, 0) is 4.74 Å². The van der Waals surface area contributed by atoms with E-state index in [9.17, 15) is 9.18 Å². The minimum absolute atomic E-state index is 0.0547. The summed E-state index contributed by atoms with van der Waals surface area (Å²) in [6.45, 7) is 6.65. The van der Waals surface area contributed by atoms with Crippen LogP contribution in [0.2, 0.25) is 0 Å². The average Bonchev–Trinajstić information content (AvgIpc) is 2.25. The van der Waals surface area contributed by atoms with Crippen molar-refractivity contribution in [1.29, 1.82) is 0 Å². The smallest absolute Gasteiger partial charge is 0.257 e. The van der Waals surface area contributed by atoms with Gasteiger partial charge in [-0.25, -0.2) is 4.39 Å². The Kier molecular flexibility index (Phi) is 3.49. The molecular formula is C14H19FN2O2. The molecular weight excluding hydrogens is 247 g/mol. The van der Waals surface area contributed by atoms with Crippen LogP contribution in [0.15, 0.2) is 18.2 Å². The Bertz CT molecular complexity index is 502. The van der Waals surface area contributed by atoms with E-state index in [0.717, 1.165) is 0 Å². The van der Waals surface area contributed by atoms with Crippen LogP contribution in [0.1, 0.15) is 31.1 Å². The summed E-state index contributed by atoms with van der Waals surface area (Å²) >= 11 is 0. The Balaban J connectivity index is 2.24. The molecule has 1 atom stereocenters. The van der Waals surface area contributed by atoms with Crippen LogP contribution in [0.3, 0.4) is 0 Å². The number of morpholine rings is 1.